The molecule has 0 spiro atoms. The number of allylic oxidation sites excluding steroid dienone is 1. The third-order valence-corrected chi connectivity index (χ3v) is 3.94. The number of carbonyl (C=O) groups excluding carboxylic acids is 1. The van der Waals surface area contributed by atoms with Gasteiger partial charge in [0.2, 0.25) is 0 Å². The Kier molecular flexibility index (Phi) is 5.80. The lowest BCUT2D eigenvalue weighted by atomic mass is 9.95. The number of esters is 1. The highest BCUT2D eigenvalue weighted by atomic mass is 35.5. The van der Waals surface area contributed by atoms with E-state index in [4.69, 9.17) is 28.6 Å². The standard InChI is InChI=1S/C17H19ClN2O2S/c1-10(2)15-14(16(21)22-3)13(19-17(23)20-15)9-6-11-4-7-12(18)8-5-11/h4-10,13H,1-3H3,(H2,19,20,23)/b9-6+. The number of hydrogen-bond acceptors (Lipinski definition) is 3. The van der Waals surface area contributed by atoms with Crippen molar-refractivity contribution in [3.63, 3.8) is 0 Å². The van der Waals surface area contributed by atoms with E-state index in [2.05, 4.69) is 10.6 Å². The number of ether oxygens (including phenoxy) is 1. The maximum absolute atomic E-state index is 12.2. The lowest BCUT2D eigenvalue weighted by Crippen LogP contribution is -2.50. The summed E-state index contributed by atoms with van der Waals surface area (Å²) < 4.78 is 4.93. The summed E-state index contributed by atoms with van der Waals surface area (Å²) in [5.74, 6) is -0.252. The number of nitrogens with one attached hydrogen (secondary N) is 2. The van der Waals surface area contributed by atoms with Gasteiger partial charge in [-0.25, -0.2) is 4.79 Å². The number of methoxy groups -OCH3 is 1. The Hall–Kier alpha value is -1.85. The van der Waals surface area contributed by atoms with Gasteiger partial charge in [0.15, 0.2) is 5.11 Å². The minimum Gasteiger partial charge on any atom is -0.466 e. The Morgan fingerprint density at radius 2 is 2.00 bits per heavy atom. The third kappa shape index (κ3) is 4.33. The summed E-state index contributed by atoms with van der Waals surface area (Å²) in [5, 5.41) is 7.34. The van der Waals surface area contributed by atoms with Crippen LogP contribution in [0.3, 0.4) is 0 Å². The number of rotatable bonds is 4. The second-order valence-corrected chi connectivity index (χ2v) is 6.31. The van der Waals surface area contributed by atoms with Crippen molar-refractivity contribution in [2.75, 3.05) is 7.11 Å². The lowest BCUT2D eigenvalue weighted by Gasteiger charge is -2.30. The Balaban J connectivity index is 2.36. The van der Waals surface area contributed by atoms with E-state index in [-0.39, 0.29) is 17.9 Å². The van der Waals surface area contributed by atoms with Crippen LogP contribution >= 0.6 is 23.8 Å². The van der Waals surface area contributed by atoms with Crippen LogP contribution < -0.4 is 10.6 Å². The van der Waals surface area contributed by atoms with Crippen molar-refractivity contribution >= 4 is 41.0 Å². The smallest absolute Gasteiger partial charge is 0.337 e. The summed E-state index contributed by atoms with van der Waals surface area (Å²) >= 11 is 11.1. The van der Waals surface area contributed by atoms with Crippen LogP contribution in [0, 0.1) is 5.92 Å². The summed E-state index contributed by atoms with van der Waals surface area (Å²) in [6.07, 6.45) is 3.81. The molecular weight excluding hydrogens is 332 g/mol. The number of hydrogen-bond donors (Lipinski definition) is 2. The van der Waals surface area contributed by atoms with E-state index >= 15 is 0 Å². The summed E-state index contributed by atoms with van der Waals surface area (Å²) in [6.45, 7) is 4.00. The molecule has 1 aliphatic heterocycles. The molecule has 1 aromatic rings. The monoisotopic (exact) mass is 350 g/mol. The number of thiocarbonyl (C=S) groups is 1. The normalized spacial score (nSPS) is 18.1. The highest BCUT2D eigenvalue weighted by Crippen LogP contribution is 2.22. The second-order valence-electron chi connectivity index (χ2n) is 5.46. The van der Waals surface area contributed by atoms with Crippen LogP contribution in [0.4, 0.5) is 0 Å². The summed E-state index contributed by atoms with van der Waals surface area (Å²) in [7, 11) is 1.38. The van der Waals surface area contributed by atoms with Crippen LogP contribution in [0.15, 0.2) is 41.6 Å². The van der Waals surface area contributed by atoms with Gasteiger partial charge in [0, 0.05) is 10.7 Å². The molecule has 2 N–H and O–H groups in total. The molecule has 0 saturated heterocycles. The molecule has 23 heavy (non-hydrogen) atoms. The van der Waals surface area contributed by atoms with Gasteiger partial charge < -0.3 is 15.4 Å². The van der Waals surface area contributed by atoms with Gasteiger partial charge in [-0.15, -0.1) is 0 Å². The van der Waals surface area contributed by atoms with Crippen LogP contribution in [0.25, 0.3) is 6.08 Å². The van der Waals surface area contributed by atoms with Gasteiger partial charge in [0.25, 0.3) is 0 Å². The third-order valence-electron chi connectivity index (χ3n) is 3.47. The Morgan fingerprint density at radius 1 is 1.35 bits per heavy atom. The SMILES string of the molecule is COC(=O)C1=C(C(C)C)NC(=S)NC1/C=C/c1ccc(Cl)cc1. The molecule has 0 bridgehead atoms. The first-order chi connectivity index (χ1) is 10.9. The molecule has 0 fully saturated rings. The molecule has 1 aromatic carbocycles. The molecule has 4 nitrogen and oxygen atoms in total. The van der Waals surface area contributed by atoms with Crippen molar-refractivity contribution in [3.05, 3.63) is 52.2 Å². The fourth-order valence-corrected chi connectivity index (χ4v) is 2.70. The van der Waals surface area contributed by atoms with Crippen LogP contribution in [-0.4, -0.2) is 24.2 Å². The molecule has 1 heterocycles. The quantitative estimate of drug-likeness (QED) is 0.644. The first-order valence-corrected chi connectivity index (χ1v) is 8.04. The predicted octanol–water partition coefficient (Wildman–Crippen LogP) is 3.28. The summed E-state index contributed by atoms with van der Waals surface area (Å²) in [6, 6.07) is 7.10. The van der Waals surface area contributed by atoms with Gasteiger partial charge in [-0.05, 0) is 35.8 Å². The molecule has 0 aliphatic carbocycles. The maximum atomic E-state index is 12.2. The summed E-state index contributed by atoms with van der Waals surface area (Å²) in [5.41, 5.74) is 2.31. The zero-order chi connectivity index (χ0) is 17.0. The van der Waals surface area contributed by atoms with E-state index in [1.54, 1.807) is 0 Å². The van der Waals surface area contributed by atoms with E-state index in [0.29, 0.717) is 15.7 Å². The summed E-state index contributed by atoms with van der Waals surface area (Å²) in [4.78, 5) is 12.2. The number of halogens is 1. The topological polar surface area (TPSA) is 50.4 Å². The van der Waals surface area contributed by atoms with Gasteiger partial charge in [-0.2, -0.15) is 0 Å². The molecule has 1 atom stereocenters. The van der Waals surface area contributed by atoms with Gasteiger partial charge >= 0.3 is 5.97 Å². The van der Waals surface area contributed by atoms with Crippen LogP contribution in [0.5, 0.6) is 0 Å². The molecule has 122 valence electrons. The molecule has 0 amide bonds. The predicted molar refractivity (Wildman–Crippen MR) is 97.0 cm³/mol. The van der Waals surface area contributed by atoms with E-state index in [9.17, 15) is 4.79 Å². The van der Waals surface area contributed by atoms with E-state index < -0.39 is 0 Å². The Bertz CT molecular complexity index is 666. The highest BCUT2D eigenvalue weighted by Gasteiger charge is 2.30. The van der Waals surface area contributed by atoms with Crippen LogP contribution in [0.1, 0.15) is 19.4 Å². The first kappa shape index (κ1) is 17.5. The van der Waals surface area contributed by atoms with Crippen molar-refractivity contribution < 1.29 is 9.53 Å². The Labute approximate surface area is 146 Å². The molecule has 6 heteroatoms. The molecule has 1 aliphatic rings. The van der Waals surface area contributed by atoms with Crippen molar-refractivity contribution in [2.24, 2.45) is 5.92 Å². The van der Waals surface area contributed by atoms with Crippen molar-refractivity contribution in [1.29, 1.82) is 0 Å². The average Bonchev–Trinajstić information content (AvgIpc) is 2.53. The fraction of sp³-hybridized carbons (Fsp3) is 0.294. The first-order valence-electron chi connectivity index (χ1n) is 7.26. The zero-order valence-corrected chi connectivity index (χ0v) is 14.8. The average molecular weight is 351 g/mol. The van der Waals surface area contributed by atoms with Crippen LogP contribution in [0.2, 0.25) is 5.02 Å². The minimum atomic E-state index is -0.373. The van der Waals surface area contributed by atoms with Crippen LogP contribution in [-0.2, 0) is 9.53 Å². The fourth-order valence-electron chi connectivity index (χ4n) is 2.33. The molecule has 0 radical (unpaired) electrons. The van der Waals surface area contributed by atoms with Gasteiger partial charge in [-0.1, -0.05) is 49.7 Å². The minimum absolute atomic E-state index is 0.121. The van der Waals surface area contributed by atoms with Gasteiger partial charge in [-0.3, -0.25) is 0 Å². The molecule has 0 saturated carbocycles. The van der Waals surface area contributed by atoms with Gasteiger partial charge in [0.1, 0.15) is 0 Å². The van der Waals surface area contributed by atoms with Gasteiger partial charge in [0.05, 0.1) is 18.7 Å². The largest absolute Gasteiger partial charge is 0.466 e. The Morgan fingerprint density at radius 3 is 2.57 bits per heavy atom. The molecular formula is C17H19ClN2O2S. The van der Waals surface area contributed by atoms with Crippen molar-refractivity contribution in [3.8, 4) is 0 Å². The number of carbonyl (C=O) groups is 1. The highest BCUT2D eigenvalue weighted by molar-refractivity contribution is 7.80. The van der Waals surface area contributed by atoms with E-state index in [0.717, 1.165) is 11.3 Å². The zero-order valence-electron chi connectivity index (χ0n) is 13.2. The second kappa shape index (κ2) is 7.62. The van der Waals surface area contributed by atoms with E-state index in [1.807, 2.05) is 50.3 Å². The maximum Gasteiger partial charge on any atom is 0.337 e. The lowest BCUT2D eigenvalue weighted by molar-refractivity contribution is -0.136. The van der Waals surface area contributed by atoms with Crippen molar-refractivity contribution in [1.82, 2.24) is 10.6 Å². The molecule has 2 rings (SSSR count). The molecule has 1 unspecified atom stereocenters. The number of benzene rings is 1. The van der Waals surface area contributed by atoms with Crippen molar-refractivity contribution in [2.45, 2.75) is 19.9 Å². The molecule has 0 aromatic heterocycles. The van der Waals surface area contributed by atoms with E-state index in [1.165, 1.54) is 7.11 Å².